The lowest BCUT2D eigenvalue weighted by atomic mass is 10.1. The molecule has 0 heterocycles. The summed E-state index contributed by atoms with van der Waals surface area (Å²) in [5.41, 5.74) is 0.133. The summed E-state index contributed by atoms with van der Waals surface area (Å²) in [6.07, 6.45) is 0. The van der Waals surface area contributed by atoms with Crippen molar-refractivity contribution in [1.29, 1.82) is 0 Å². The highest BCUT2D eigenvalue weighted by Crippen LogP contribution is 2.07. The third-order valence-corrected chi connectivity index (χ3v) is 1.15. The van der Waals surface area contributed by atoms with Crippen molar-refractivity contribution in [3.63, 3.8) is 0 Å². The van der Waals surface area contributed by atoms with Gasteiger partial charge in [0, 0.05) is 8.22 Å². The molecular weight excluding hydrogens is 108 g/mol. The predicted octanol–water partition coefficient (Wildman–Crippen LogP) is 2.61. The van der Waals surface area contributed by atoms with Crippen LogP contribution in [-0.4, -0.2) is 0 Å². The molecule has 0 radical (unpaired) electrons. The van der Waals surface area contributed by atoms with Crippen molar-refractivity contribution < 1.29 is 9.60 Å². The molecule has 0 aliphatic rings. The van der Waals surface area contributed by atoms with Gasteiger partial charge in [-0.05, 0) is 31.8 Å². The van der Waals surface area contributed by atoms with Crippen LogP contribution in [0, 0.1) is 20.6 Å². The van der Waals surface area contributed by atoms with Gasteiger partial charge in [-0.3, -0.25) is 0 Å². The Morgan fingerprint density at radius 3 is 3.00 bits per heavy atom. The van der Waals surface area contributed by atoms with Crippen LogP contribution >= 0.6 is 0 Å². The van der Waals surface area contributed by atoms with Gasteiger partial charge in [-0.25, -0.2) is 0 Å². The SMILES string of the molecule is [2H]c1cc(C([2H])([2H])[2H])cc(C([2H])([2H])[2H])c1C. The van der Waals surface area contributed by atoms with E-state index in [1.165, 1.54) is 13.0 Å². The lowest BCUT2D eigenvalue weighted by Crippen LogP contribution is -1.79. The lowest BCUT2D eigenvalue weighted by molar-refractivity contribution is 1.30. The minimum Gasteiger partial charge on any atom is -0.0590 e. The van der Waals surface area contributed by atoms with E-state index in [-0.39, 0.29) is 17.2 Å². The molecule has 0 bridgehead atoms. The van der Waals surface area contributed by atoms with E-state index in [4.69, 9.17) is 9.60 Å². The van der Waals surface area contributed by atoms with Crippen LogP contribution in [0.2, 0.25) is 0 Å². The third kappa shape index (κ3) is 1.32. The highest BCUT2D eigenvalue weighted by atomic mass is 13.9. The van der Waals surface area contributed by atoms with Crippen LogP contribution in [0.3, 0.4) is 0 Å². The smallest absolute Gasteiger partial charge is 0.0590 e. The Morgan fingerprint density at radius 1 is 1.44 bits per heavy atom. The molecule has 0 saturated heterocycles. The van der Waals surface area contributed by atoms with Gasteiger partial charge in [-0.2, -0.15) is 0 Å². The molecular formula is C9H12. The summed E-state index contributed by atoms with van der Waals surface area (Å²) in [5.74, 6) is 0. The quantitative estimate of drug-likeness (QED) is 0.502. The van der Waals surface area contributed by atoms with Gasteiger partial charge in [-0.1, -0.05) is 23.7 Å². The zero-order chi connectivity index (χ0) is 12.7. The van der Waals surface area contributed by atoms with Gasteiger partial charge in [0.25, 0.3) is 0 Å². The van der Waals surface area contributed by atoms with Crippen LogP contribution in [0.5, 0.6) is 0 Å². The van der Waals surface area contributed by atoms with Crippen LogP contribution in [0.4, 0.5) is 0 Å². The molecule has 1 aromatic carbocycles. The van der Waals surface area contributed by atoms with Crippen molar-refractivity contribution in [3.05, 3.63) is 34.9 Å². The summed E-state index contributed by atoms with van der Waals surface area (Å²) in [5, 5.41) is 0. The van der Waals surface area contributed by atoms with Crippen molar-refractivity contribution >= 4 is 0 Å². The van der Waals surface area contributed by atoms with Crippen molar-refractivity contribution in [1.82, 2.24) is 0 Å². The van der Waals surface area contributed by atoms with Crippen LogP contribution in [0.25, 0.3) is 0 Å². The van der Waals surface area contributed by atoms with E-state index in [0.717, 1.165) is 6.07 Å². The van der Waals surface area contributed by atoms with Crippen LogP contribution < -0.4 is 0 Å². The van der Waals surface area contributed by atoms with Crippen molar-refractivity contribution in [2.24, 2.45) is 0 Å². The molecule has 0 N–H and O–H groups in total. The average molecular weight is 127 g/mol. The van der Waals surface area contributed by atoms with Gasteiger partial charge >= 0.3 is 0 Å². The highest BCUT2D eigenvalue weighted by Gasteiger charge is 1.89. The van der Waals surface area contributed by atoms with E-state index in [2.05, 4.69) is 0 Å². The third-order valence-electron chi connectivity index (χ3n) is 1.15. The summed E-state index contributed by atoms with van der Waals surface area (Å²) in [7, 11) is 0. The van der Waals surface area contributed by atoms with E-state index in [0.29, 0.717) is 5.56 Å². The molecule has 0 aliphatic heterocycles. The normalized spacial score (nSPS) is 23.9. The van der Waals surface area contributed by atoms with Crippen LogP contribution in [0.1, 0.15) is 26.3 Å². The Bertz CT molecular complexity index is 400. The predicted molar refractivity (Wildman–Crippen MR) is 40.7 cm³/mol. The zero-order valence-electron chi connectivity index (χ0n) is 12.2. The number of hydrogen-bond donors (Lipinski definition) is 0. The molecule has 0 nitrogen and oxygen atoms in total. The Balaban J connectivity index is 3.46. The fourth-order valence-electron chi connectivity index (χ4n) is 0.569. The summed E-state index contributed by atoms with van der Waals surface area (Å²) in [6.45, 7) is -3.27. The molecule has 0 amide bonds. The molecule has 9 heavy (non-hydrogen) atoms. The summed E-state index contributed by atoms with van der Waals surface area (Å²) < 4.78 is 51.0. The van der Waals surface area contributed by atoms with Gasteiger partial charge in [0.1, 0.15) is 0 Å². The van der Waals surface area contributed by atoms with E-state index in [1.54, 1.807) is 0 Å². The molecule has 0 aromatic heterocycles. The van der Waals surface area contributed by atoms with E-state index < -0.39 is 13.7 Å². The fraction of sp³-hybridized carbons (Fsp3) is 0.333. The monoisotopic (exact) mass is 127 g/mol. The van der Waals surface area contributed by atoms with Crippen molar-refractivity contribution in [2.45, 2.75) is 20.6 Å². The molecule has 0 heteroatoms. The van der Waals surface area contributed by atoms with Crippen LogP contribution in [-0.2, 0) is 0 Å². The molecule has 1 rings (SSSR count). The second-order valence-corrected chi connectivity index (χ2v) is 1.93. The van der Waals surface area contributed by atoms with Gasteiger partial charge < -0.3 is 0 Å². The topological polar surface area (TPSA) is 0 Å². The second kappa shape index (κ2) is 2.22. The molecule has 0 spiro atoms. The van der Waals surface area contributed by atoms with Crippen molar-refractivity contribution in [3.8, 4) is 0 Å². The first-order valence-corrected chi connectivity index (χ1v) is 2.65. The van der Waals surface area contributed by atoms with E-state index in [1.807, 2.05) is 0 Å². The summed E-state index contributed by atoms with van der Waals surface area (Å²) >= 11 is 0. The standard InChI is InChI=1S/C9H12/c1-7-4-5-8(2)9(3)6-7/h4-6H,1-3H3/i1D3,3D3,5D. The molecule has 1 aromatic rings. The Morgan fingerprint density at radius 2 is 2.33 bits per heavy atom. The lowest BCUT2D eigenvalue weighted by Gasteiger charge is -1.98. The Hall–Kier alpha value is -0.780. The van der Waals surface area contributed by atoms with E-state index >= 15 is 0 Å². The first-order valence-electron chi connectivity index (χ1n) is 6.15. The molecule has 0 unspecified atom stereocenters. The maximum Gasteiger partial charge on any atom is 0.0626 e. The maximum atomic E-state index is 7.56. The second-order valence-electron chi connectivity index (χ2n) is 1.93. The molecule has 0 saturated carbocycles. The van der Waals surface area contributed by atoms with Crippen molar-refractivity contribution in [2.75, 3.05) is 0 Å². The minimum absolute atomic E-state index is 0.0558. The highest BCUT2D eigenvalue weighted by molar-refractivity contribution is 5.28. The first kappa shape index (κ1) is 1.85. The van der Waals surface area contributed by atoms with Gasteiger partial charge in [0.15, 0.2) is 0 Å². The zero-order valence-corrected chi connectivity index (χ0v) is 5.15. The summed E-state index contributed by atoms with van der Waals surface area (Å²) in [6, 6.07) is 2.28. The van der Waals surface area contributed by atoms with Gasteiger partial charge in [0.05, 0.1) is 1.37 Å². The molecule has 0 fully saturated rings. The molecule has 0 atom stereocenters. The fourth-order valence-corrected chi connectivity index (χ4v) is 0.569. The molecule has 48 valence electrons. The van der Waals surface area contributed by atoms with Gasteiger partial charge in [-0.15, -0.1) is 0 Å². The molecule has 0 aliphatic carbocycles. The number of aryl methyl sites for hydroxylation is 2. The first-order chi connectivity index (χ1) is 7.03. The maximum absolute atomic E-state index is 7.56. The number of hydrogen-bond acceptors (Lipinski definition) is 0. The number of benzene rings is 1. The van der Waals surface area contributed by atoms with Gasteiger partial charge in [0.2, 0.25) is 0 Å². The number of rotatable bonds is 0. The van der Waals surface area contributed by atoms with E-state index in [9.17, 15) is 0 Å². The summed E-state index contributed by atoms with van der Waals surface area (Å²) in [4.78, 5) is 0. The minimum atomic E-state index is -2.39. The Labute approximate surface area is 66.4 Å². The van der Waals surface area contributed by atoms with Crippen LogP contribution in [0.15, 0.2) is 18.2 Å². The largest absolute Gasteiger partial charge is 0.0626 e. The average Bonchev–Trinajstić information content (AvgIpc) is 2.05. The Kier molecular flexibility index (Phi) is 0.456.